The molecule has 26 heavy (non-hydrogen) atoms. The van der Waals surface area contributed by atoms with Crippen LogP contribution in [0.2, 0.25) is 0 Å². The second kappa shape index (κ2) is 9.83. The van der Waals surface area contributed by atoms with Crippen molar-refractivity contribution in [2.24, 2.45) is 0 Å². The molecule has 0 spiro atoms. The molecule has 0 heterocycles. The number of halogens is 1. The zero-order valence-electron chi connectivity index (χ0n) is 14.8. The first kappa shape index (κ1) is 20.6. The van der Waals surface area contributed by atoms with Crippen LogP contribution in [0.15, 0.2) is 35.9 Å². The molecule has 1 aromatic rings. The van der Waals surface area contributed by atoms with Crippen molar-refractivity contribution < 1.29 is 22.7 Å². The minimum atomic E-state index is -3.49. The number of hydrogen-bond acceptors (Lipinski definition) is 3. The highest BCUT2D eigenvalue weighted by atomic mass is 32.2. The Kier molecular flexibility index (Phi) is 7.78. The lowest BCUT2D eigenvalue weighted by Gasteiger charge is -2.17. The Morgan fingerprint density at radius 3 is 2.54 bits per heavy atom. The number of allylic oxidation sites excluding steroid dienone is 1. The van der Waals surface area contributed by atoms with Gasteiger partial charge in [-0.3, -0.25) is 4.79 Å². The number of unbranched alkanes of at least 4 members (excludes halogenated alkanes) is 3. The van der Waals surface area contributed by atoms with E-state index in [1.54, 1.807) is 0 Å². The van der Waals surface area contributed by atoms with Crippen LogP contribution in [0, 0.1) is 5.82 Å². The van der Waals surface area contributed by atoms with Crippen LogP contribution in [0.4, 0.5) is 4.39 Å². The smallest absolute Gasteiger partial charge is 0.303 e. The second-order valence-corrected chi connectivity index (χ2v) is 8.47. The average Bonchev–Trinajstić information content (AvgIpc) is 2.98. The van der Waals surface area contributed by atoms with E-state index in [2.05, 4.69) is 10.8 Å². The lowest BCUT2D eigenvalue weighted by atomic mass is 10.0. The molecule has 1 unspecified atom stereocenters. The van der Waals surface area contributed by atoms with Gasteiger partial charge in [-0.05, 0) is 49.8 Å². The van der Waals surface area contributed by atoms with E-state index in [0.29, 0.717) is 12.0 Å². The Labute approximate surface area is 154 Å². The molecule has 1 aliphatic rings. The minimum absolute atomic E-state index is 0.160. The summed E-state index contributed by atoms with van der Waals surface area (Å²) in [7, 11) is -3.49. The van der Waals surface area contributed by atoms with Crippen molar-refractivity contribution in [2.45, 2.75) is 63.2 Å². The third kappa shape index (κ3) is 7.25. The summed E-state index contributed by atoms with van der Waals surface area (Å²) in [6.07, 6.45) is 8.19. The number of hydrogen-bond donors (Lipinski definition) is 2. The van der Waals surface area contributed by atoms with E-state index < -0.39 is 16.0 Å². The van der Waals surface area contributed by atoms with Crippen LogP contribution in [0.5, 0.6) is 0 Å². The molecule has 1 atom stereocenters. The van der Waals surface area contributed by atoms with Crippen molar-refractivity contribution in [3.05, 3.63) is 47.3 Å². The van der Waals surface area contributed by atoms with Gasteiger partial charge >= 0.3 is 5.97 Å². The molecule has 2 N–H and O–H groups in total. The Balaban J connectivity index is 1.77. The molecule has 0 fully saturated rings. The lowest BCUT2D eigenvalue weighted by molar-refractivity contribution is -0.137. The van der Waals surface area contributed by atoms with Gasteiger partial charge in [0.1, 0.15) is 5.82 Å². The van der Waals surface area contributed by atoms with Crippen molar-refractivity contribution >= 4 is 16.0 Å². The van der Waals surface area contributed by atoms with Crippen LogP contribution < -0.4 is 4.72 Å². The molecule has 144 valence electrons. The van der Waals surface area contributed by atoms with Gasteiger partial charge in [0.2, 0.25) is 10.0 Å². The molecule has 0 aromatic heterocycles. The highest BCUT2D eigenvalue weighted by Crippen LogP contribution is 2.25. The Morgan fingerprint density at radius 2 is 1.85 bits per heavy atom. The van der Waals surface area contributed by atoms with E-state index >= 15 is 0 Å². The zero-order valence-corrected chi connectivity index (χ0v) is 15.6. The fourth-order valence-electron chi connectivity index (χ4n) is 3.19. The third-order valence-electron chi connectivity index (χ3n) is 4.51. The summed E-state index contributed by atoms with van der Waals surface area (Å²) in [5.74, 6) is -1.31. The fraction of sp³-hybridized carbons (Fsp3) is 0.526. The molecule has 2 rings (SSSR count). The topological polar surface area (TPSA) is 83.5 Å². The number of sulfonamides is 1. The summed E-state index contributed by atoms with van der Waals surface area (Å²) in [5.41, 5.74) is 1.67. The van der Waals surface area contributed by atoms with E-state index in [4.69, 9.17) is 5.11 Å². The molecule has 1 aliphatic carbocycles. The average molecular weight is 383 g/mol. The van der Waals surface area contributed by atoms with Gasteiger partial charge in [0.25, 0.3) is 0 Å². The maximum atomic E-state index is 12.9. The Bertz CT molecular complexity index is 728. The SMILES string of the molecule is O=C(O)CCCCCCC1=CCCC1NS(=O)(=O)Cc1ccc(F)cc1. The predicted molar refractivity (Wildman–Crippen MR) is 98.6 cm³/mol. The van der Waals surface area contributed by atoms with Gasteiger partial charge < -0.3 is 5.11 Å². The zero-order chi connectivity index (χ0) is 19.0. The number of nitrogens with one attached hydrogen (secondary N) is 1. The maximum Gasteiger partial charge on any atom is 0.303 e. The van der Waals surface area contributed by atoms with Crippen molar-refractivity contribution in [3.63, 3.8) is 0 Å². The molecular formula is C19H26FNO4S. The molecule has 5 nitrogen and oxygen atoms in total. The molecule has 7 heteroatoms. The van der Waals surface area contributed by atoms with Gasteiger partial charge in [-0.1, -0.05) is 36.6 Å². The molecule has 0 aliphatic heterocycles. The maximum absolute atomic E-state index is 12.9. The van der Waals surface area contributed by atoms with Gasteiger partial charge in [0.05, 0.1) is 5.75 Å². The summed E-state index contributed by atoms with van der Waals surface area (Å²) >= 11 is 0. The Morgan fingerprint density at radius 1 is 1.15 bits per heavy atom. The third-order valence-corrected chi connectivity index (χ3v) is 5.86. The van der Waals surface area contributed by atoms with Gasteiger partial charge in [0.15, 0.2) is 0 Å². The number of carbonyl (C=O) groups is 1. The van der Waals surface area contributed by atoms with Crippen LogP contribution in [0.25, 0.3) is 0 Å². The van der Waals surface area contributed by atoms with Gasteiger partial charge in [-0.25, -0.2) is 17.5 Å². The van der Waals surface area contributed by atoms with Crippen LogP contribution in [-0.4, -0.2) is 25.5 Å². The van der Waals surface area contributed by atoms with Crippen LogP contribution >= 0.6 is 0 Å². The van der Waals surface area contributed by atoms with E-state index in [1.807, 2.05) is 0 Å². The predicted octanol–water partition coefficient (Wildman–Crippen LogP) is 3.76. The number of carboxylic acid groups (broad SMARTS) is 1. The highest BCUT2D eigenvalue weighted by Gasteiger charge is 2.24. The number of carboxylic acids is 1. The van der Waals surface area contributed by atoms with Crippen LogP contribution in [0.3, 0.4) is 0 Å². The van der Waals surface area contributed by atoms with Gasteiger partial charge in [0, 0.05) is 12.5 Å². The standard InChI is InChI=1S/C19H26FNO4S/c20-17-12-10-15(11-13-17)14-26(24,25)21-18-8-5-7-16(18)6-3-1-2-4-9-19(22)23/h7,10-13,18,21H,1-6,8-9,14H2,(H,22,23). The molecule has 0 saturated heterocycles. The normalized spacial score (nSPS) is 17.3. The molecule has 0 radical (unpaired) electrons. The quantitative estimate of drug-likeness (QED) is 0.450. The summed E-state index contributed by atoms with van der Waals surface area (Å²) < 4.78 is 40.5. The lowest BCUT2D eigenvalue weighted by Crippen LogP contribution is -2.35. The van der Waals surface area contributed by atoms with Crippen molar-refractivity contribution in [1.82, 2.24) is 4.72 Å². The van der Waals surface area contributed by atoms with Gasteiger partial charge in [-0.15, -0.1) is 0 Å². The largest absolute Gasteiger partial charge is 0.481 e. The van der Waals surface area contributed by atoms with Crippen molar-refractivity contribution in [3.8, 4) is 0 Å². The highest BCUT2D eigenvalue weighted by molar-refractivity contribution is 7.88. The molecule has 0 bridgehead atoms. The van der Waals surface area contributed by atoms with Crippen molar-refractivity contribution in [2.75, 3.05) is 0 Å². The first-order valence-electron chi connectivity index (χ1n) is 9.01. The van der Waals surface area contributed by atoms with Crippen LogP contribution in [-0.2, 0) is 20.6 Å². The van der Waals surface area contributed by atoms with E-state index in [9.17, 15) is 17.6 Å². The molecule has 0 amide bonds. The summed E-state index contributed by atoms with van der Waals surface area (Å²) in [5, 5.41) is 8.61. The second-order valence-electron chi connectivity index (χ2n) is 6.72. The van der Waals surface area contributed by atoms with Gasteiger partial charge in [-0.2, -0.15) is 0 Å². The van der Waals surface area contributed by atoms with E-state index in [0.717, 1.165) is 44.1 Å². The fourth-order valence-corrected chi connectivity index (χ4v) is 4.61. The minimum Gasteiger partial charge on any atom is -0.481 e. The summed E-state index contributed by atoms with van der Waals surface area (Å²) in [6, 6.07) is 5.32. The molecule has 0 saturated carbocycles. The number of benzene rings is 1. The Hall–Kier alpha value is -1.73. The van der Waals surface area contributed by atoms with Crippen molar-refractivity contribution in [1.29, 1.82) is 0 Å². The van der Waals surface area contributed by atoms with Crippen LogP contribution in [0.1, 0.15) is 56.9 Å². The number of rotatable bonds is 11. The van der Waals surface area contributed by atoms with E-state index in [1.165, 1.54) is 24.3 Å². The monoisotopic (exact) mass is 383 g/mol. The van der Waals surface area contributed by atoms with E-state index in [-0.39, 0.29) is 24.0 Å². The summed E-state index contributed by atoms with van der Waals surface area (Å²) in [4.78, 5) is 10.5. The summed E-state index contributed by atoms with van der Waals surface area (Å²) in [6.45, 7) is 0. The first-order valence-corrected chi connectivity index (χ1v) is 10.7. The number of aliphatic carboxylic acids is 1. The molecular weight excluding hydrogens is 357 g/mol. The first-order chi connectivity index (χ1) is 12.4. The molecule has 1 aromatic carbocycles.